The average molecular weight is 1100 g/mol. The van der Waals surface area contributed by atoms with Crippen molar-refractivity contribution in [2.75, 3.05) is 46.2 Å². The fourth-order valence-corrected chi connectivity index (χ4v) is 9.70. The molecule has 12 bridgehead atoms. The zero-order chi connectivity index (χ0) is 54.9. The summed E-state index contributed by atoms with van der Waals surface area (Å²) in [5, 5.41) is 218. The van der Waals surface area contributed by atoms with E-state index >= 15 is 0 Å². The van der Waals surface area contributed by atoms with E-state index in [0.29, 0.717) is 0 Å². The smallest absolute Gasteiger partial charge is 0.338 e. The van der Waals surface area contributed by atoms with Gasteiger partial charge in [-0.15, -0.1) is 0 Å². The molecule has 0 aromatic carbocycles. The molecule has 20 N–H and O–H groups in total. The Bertz CT molecular complexity index is 1760. The minimum Gasteiger partial charge on any atom is -0.455 e. The highest BCUT2D eigenvalue weighted by Crippen LogP contribution is 2.38. The van der Waals surface area contributed by atoms with E-state index in [2.05, 4.69) is 0 Å². The van der Waals surface area contributed by atoms with Crippen LogP contribution in [0.2, 0.25) is 0 Å². The Kier molecular flexibility index (Phi) is 21.2. The van der Waals surface area contributed by atoms with Crippen molar-refractivity contribution < 1.29 is 169 Å². The van der Waals surface area contributed by atoms with Crippen LogP contribution in [-0.2, 0) is 66.4 Å². The number of carbonyl (C=O) groups excluding carboxylic acids is 1. The zero-order valence-electron chi connectivity index (χ0n) is 39.3. The lowest BCUT2D eigenvalue weighted by Gasteiger charge is -2.51. The van der Waals surface area contributed by atoms with Crippen molar-refractivity contribution >= 4 is 5.97 Å². The minimum atomic E-state index is -2.44. The SMILES string of the molecule is O=C(O[C@@H]1[C@@H](O)[C@H]2O[C@H]3[C@H](O)[C@@H](O)[C@@H](O[C@H]4[C@H](O)[C@@H](O)[C@@H](O[C@H]5[C@H](O)[C@@H](O)[C@@H](O[C@H]6[C@H](O)[C@@H](O)[C@@H](O[C@H]7[C@H](O)[C@@H](O)[C@@H](O[C@H]1[C@@H](CO)O2)O[C@@H]7CO)O[C@@H]6CO)O[C@@H]5CO)O[C@@H]4CO)O[C@@H]3CO)C(O)C(O)CCO. The molecule has 0 spiro atoms. The largest absolute Gasteiger partial charge is 0.455 e. The summed E-state index contributed by atoms with van der Waals surface area (Å²) in [5.74, 6) is -1.71. The van der Waals surface area contributed by atoms with Crippen molar-refractivity contribution in [2.45, 2.75) is 203 Å². The number of rotatable bonds is 11. The standard InChI is InChI=1S/C41H68O34/c42-2-1-9(49)16(50)35(62)69-34-27(61)41-68-15(8-48)33(34)75-40-26(60)21(55)31(13(6-46)67-40)73-38-24(58)19(53)29(11(4-44)65-38)71-36-22(56)17(51)28(10(3-43)63-36)70-37-23(57)18(52)30(12(5-45)64-37)72-39-25(59)20(54)32(74-41)14(7-47)66-39/h9-34,36-61H,1-8H2/t9?,10-,11-,12-,13-,14-,15-,16?,17-,18-,19-,20-,21-,22-,23-,24-,25-,26-,27-,28-,29-,30-,31-,32-,33+,34-,36-,37-,38-,39-,40-,41-/m1/s1. The van der Waals surface area contributed by atoms with Crippen LogP contribution >= 0.6 is 0 Å². The molecule has 22 aliphatic heterocycles. The van der Waals surface area contributed by atoms with Gasteiger partial charge in [-0.3, -0.25) is 0 Å². The maximum atomic E-state index is 13.3. The van der Waals surface area contributed by atoms with E-state index in [1.165, 1.54) is 0 Å². The first-order valence-electron chi connectivity index (χ1n) is 23.9. The minimum absolute atomic E-state index is 0.574. The molecule has 436 valence electrons. The van der Waals surface area contributed by atoms with E-state index in [4.69, 9.17) is 61.6 Å². The second kappa shape index (κ2) is 26.2. The van der Waals surface area contributed by atoms with Crippen molar-refractivity contribution in [1.29, 1.82) is 0 Å². The molecule has 0 aliphatic carbocycles. The van der Waals surface area contributed by atoms with Crippen LogP contribution in [0.4, 0.5) is 0 Å². The molecule has 34 nitrogen and oxygen atoms in total. The summed E-state index contributed by atoms with van der Waals surface area (Å²) in [6.07, 6.45) is -66.9. The molecule has 0 aromatic heterocycles. The maximum absolute atomic E-state index is 13.3. The van der Waals surface area contributed by atoms with Crippen LogP contribution in [-0.4, -0.2) is 351 Å². The van der Waals surface area contributed by atoms with Gasteiger partial charge in [0.1, 0.15) is 140 Å². The summed E-state index contributed by atoms with van der Waals surface area (Å²) in [5.41, 5.74) is 0. The van der Waals surface area contributed by atoms with Gasteiger partial charge in [-0.25, -0.2) is 4.79 Å². The average Bonchev–Trinajstić information content (AvgIpc) is 3.40. The molecule has 32 atom stereocenters. The first-order valence-corrected chi connectivity index (χ1v) is 23.9. The van der Waals surface area contributed by atoms with Crippen molar-refractivity contribution in [3.63, 3.8) is 0 Å². The summed E-state index contributed by atoms with van der Waals surface area (Å²) in [4.78, 5) is 13.3. The number of hydrogen-bond acceptors (Lipinski definition) is 34. The van der Waals surface area contributed by atoms with Gasteiger partial charge < -0.3 is 164 Å². The van der Waals surface area contributed by atoms with Crippen molar-refractivity contribution in [3.05, 3.63) is 0 Å². The van der Waals surface area contributed by atoms with E-state index in [0.717, 1.165) is 0 Å². The molecule has 22 aliphatic rings. The first-order chi connectivity index (χ1) is 35.7. The lowest BCUT2D eigenvalue weighted by atomic mass is 9.94. The van der Waals surface area contributed by atoms with Crippen LogP contribution in [0.25, 0.3) is 0 Å². The Morgan fingerprint density at radius 3 is 0.800 bits per heavy atom. The third-order valence-electron chi connectivity index (χ3n) is 13.9. The number of aliphatic hydroxyl groups is 20. The summed E-state index contributed by atoms with van der Waals surface area (Å²) < 4.78 is 73.9. The second-order valence-corrected chi connectivity index (χ2v) is 18.8. The first kappa shape index (κ1) is 60.8. The molecule has 22 heterocycles. The van der Waals surface area contributed by atoms with Crippen LogP contribution in [0.3, 0.4) is 0 Å². The number of aliphatic hydroxyl groups excluding tert-OH is 20. The molecule has 2 unspecified atom stereocenters. The highest BCUT2D eigenvalue weighted by atomic mass is 16.8. The van der Waals surface area contributed by atoms with E-state index < -0.39 is 255 Å². The van der Waals surface area contributed by atoms with Crippen molar-refractivity contribution in [1.82, 2.24) is 0 Å². The summed E-state index contributed by atoms with van der Waals surface area (Å²) in [6.45, 7) is -7.26. The Hall–Kier alpha value is -1.81. The Morgan fingerprint density at radius 2 is 0.560 bits per heavy atom. The molecule has 22 saturated heterocycles. The number of ether oxygens (including phenoxy) is 13. The van der Waals surface area contributed by atoms with Gasteiger partial charge in [-0.05, 0) is 6.42 Å². The van der Waals surface area contributed by atoms with Crippen LogP contribution < -0.4 is 0 Å². The Morgan fingerprint density at radius 1 is 0.333 bits per heavy atom. The van der Waals surface area contributed by atoms with E-state index in [9.17, 15) is 107 Å². The lowest BCUT2D eigenvalue weighted by molar-refractivity contribution is -0.404. The van der Waals surface area contributed by atoms with Crippen LogP contribution in [0.1, 0.15) is 6.42 Å². The molecular weight excluding hydrogens is 1040 g/mol. The normalized spacial score (nSPS) is 50.9. The van der Waals surface area contributed by atoms with Gasteiger partial charge in [0.25, 0.3) is 0 Å². The topological polar surface area (TPSA) is 542 Å². The van der Waals surface area contributed by atoms with Gasteiger partial charge in [0.05, 0.1) is 45.7 Å². The quantitative estimate of drug-likeness (QED) is 0.0854. The molecule has 0 amide bonds. The fourth-order valence-electron chi connectivity index (χ4n) is 9.70. The summed E-state index contributed by atoms with van der Waals surface area (Å²) in [7, 11) is 0. The monoisotopic (exact) mass is 1100 g/mol. The van der Waals surface area contributed by atoms with Crippen LogP contribution in [0.5, 0.6) is 0 Å². The maximum Gasteiger partial charge on any atom is 0.338 e. The fraction of sp³-hybridized carbons (Fsp3) is 0.976. The highest BCUT2D eigenvalue weighted by molar-refractivity contribution is 5.75. The van der Waals surface area contributed by atoms with Crippen LogP contribution in [0, 0.1) is 0 Å². The molecule has 22 rings (SSSR count). The van der Waals surface area contributed by atoms with Crippen molar-refractivity contribution in [3.8, 4) is 0 Å². The molecule has 0 saturated carbocycles. The third kappa shape index (κ3) is 12.4. The molecule has 75 heavy (non-hydrogen) atoms. The van der Waals surface area contributed by atoms with Gasteiger partial charge in [0, 0.05) is 6.61 Å². The highest BCUT2D eigenvalue weighted by Gasteiger charge is 2.59. The van der Waals surface area contributed by atoms with Gasteiger partial charge in [-0.1, -0.05) is 0 Å². The summed E-state index contributed by atoms with van der Waals surface area (Å²) >= 11 is 0. The number of carbonyl (C=O) groups is 1. The van der Waals surface area contributed by atoms with Crippen LogP contribution in [0.15, 0.2) is 0 Å². The van der Waals surface area contributed by atoms with Gasteiger partial charge in [0.2, 0.25) is 0 Å². The Balaban J connectivity index is 1.24. The predicted molar refractivity (Wildman–Crippen MR) is 223 cm³/mol. The summed E-state index contributed by atoms with van der Waals surface area (Å²) in [6, 6.07) is 0. The molecule has 0 radical (unpaired) electrons. The second-order valence-electron chi connectivity index (χ2n) is 18.8. The lowest BCUT2D eigenvalue weighted by Crippen LogP contribution is -2.69. The molecular formula is C41H68O34. The van der Waals surface area contributed by atoms with E-state index in [1.807, 2.05) is 0 Å². The van der Waals surface area contributed by atoms with E-state index in [1.54, 1.807) is 0 Å². The van der Waals surface area contributed by atoms with Gasteiger partial charge >= 0.3 is 5.97 Å². The molecule has 0 aromatic rings. The van der Waals surface area contributed by atoms with Gasteiger partial charge in [-0.2, -0.15) is 0 Å². The zero-order valence-corrected chi connectivity index (χ0v) is 39.3. The Labute approximate surface area is 423 Å². The number of esters is 1. The number of hydrogen-bond donors (Lipinski definition) is 20. The van der Waals surface area contributed by atoms with E-state index in [-0.39, 0.29) is 0 Å². The molecule has 34 heteroatoms. The molecule has 22 fully saturated rings. The predicted octanol–water partition coefficient (Wildman–Crippen LogP) is -14.4. The third-order valence-corrected chi connectivity index (χ3v) is 13.9. The van der Waals surface area contributed by atoms with Crippen molar-refractivity contribution in [2.24, 2.45) is 0 Å². The van der Waals surface area contributed by atoms with Gasteiger partial charge in [0.15, 0.2) is 49.9 Å².